The standard InChI is InChI=1S/C18H27N/c1-4-7-9-14-18(19-15-5-2)17(6-3)16-12-10-8-11-13-16/h8,10-13,17-19H,5-6,9,14-15H2,1-3H3. The van der Waals surface area contributed by atoms with Gasteiger partial charge in [0.15, 0.2) is 0 Å². The smallest absolute Gasteiger partial charge is 0.0145 e. The molecule has 19 heavy (non-hydrogen) atoms. The minimum absolute atomic E-state index is 0.535. The third-order valence-electron chi connectivity index (χ3n) is 3.57. The predicted molar refractivity (Wildman–Crippen MR) is 84.2 cm³/mol. The van der Waals surface area contributed by atoms with E-state index in [1.807, 2.05) is 6.92 Å². The molecule has 0 aliphatic carbocycles. The Labute approximate surface area is 118 Å². The van der Waals surface area contributed by atoms with Crippen molar-refractivity contribution >= 4 is 0 Å². The molecule has 0 amide bonds. The van der Waals surface area contributed by atoms with Crippen molar-refractivity contribution in [1.29, 1.82) is 0 Å². The Balaban J connectivity index is 2.75. The Morgan fingerprint density at radius 3 is 2.47 bits per heavy atom. The highest BCUT2D eigenvalue weighted by Gasteiger charge is 2.20. The van der Waals surface area contributed by atoms with E-state index in [0.29, 0.717) is 12.0 Å². The normalized spacial score (nSPS) is 13.4. The summed E-state index contributed by atoms with van der Waals surface area (Å²) in [5.41, 5.74) is 1.45. The Bertz CT molecular complexity index is 385. The zero-order chi connectivity index (χ0) is 13.9. The molecule has 0 saturated carbocycles. The van der Waals surface area contributed by atoms with Gasteiger partial charge in [0.2, 0.25) is 0 Å². The van der Waals surface area contributed by atoms with Gasteiger partial charge in [-0.15, -0.1) is 11.8 Å². The molecule has 0 spiro atoms. The van der Waals surface area contributed by atoms with Crippen LogP contribution in [0.1, 0.15) is 57.9 Å². The predicted octanol–water partition coefficient (Wildman–Crippen LogP) is 4.35. The monoisotopic (exact) mass is 257 g/mol. The average molecular weight is 257 g/mol. The summed E-state index contributed by atoms with van der Waals surface area (Å²) in [6.45, 7) is 7.51. The first-order valence-electron chi connectivity index (χ1n) is 7.51. The van der Waals surface area contributed by atoms with E-state index in [9.17, 15) is 0 Å². The first kappa shape index (κ1) is 15.8. The molecule has 0 bridgehead atoms. The van der Waals surface area contributed by atoms with Crippen LogP contribution in [0.5, 0.6) is 0 Å². The molecule has 1 nitrogen and oxygen atoms in total. The van der Waals surface area contributed by atoms with Crippen LogP contribution in [0.25, 0.3) is 0 Å². The van der Waals surface area contributed by atoms with Crippen molar-refractivity contribution in [1.82, 2.24) is 5.32 Å². The molecule has 1 aromatic rings. The Hall–Kier alpha value is -1.26. The fourth-order valence-corrected chi connectivity index (χ4v) is 2.58. The Morgan fingerprint density at radius 2 is 1.89 bits per heavy atom. The second kappa shape index (κ2) is 9.64. The van der Waals surface area contributed by atoms with Crippen LogP contribution in [-0.2, 0) is 0 Å². The third-order valence-corrected chi connectivity index (χ3v) is 3.57. The van der Waals surface area contributed by atoms with Crippen LogP contribution < -0.4 is 5.32 Å². The number of nitrogens with one attached hydrogen (secondary N) is 1. The van der Waals surface area contributed by atoms with Crippen molar-refractivity contribution in [3.8, 4) is 11.8 Å². The van der Waals surface area contributed by atoms with Crippen molar-refractivity contribution < 1.29 is 0 Å². The van der Waals surface area contributed by atoms with Crippen molar-refractivity contribution in [2.45, 2.75) is 58.4 Å². The van der Waals surface area contributed by atoms with Crippen molar-refractivity contribution in [2.24, 2.45) is 0 Å². The molecular formula is C18H27N. The molecule has 0 radical (unpaired) electrons. The highest BCUT2D eigenvalue weighted by atomic mass is 14.9. The molecule has 1 rings (SSSR count). The summed E-state index contributed by atoms with van der Waals surface area (Å²) in [7, 11) is 0. The SMILES string of the molecule is CC#CCCC(NCCC)C(CC)c1ccccc1. The minimum atomic E-state index is 0.535. The molecule has 0 heterocycles. The number of hydrogen-bond donors (Lipinski definition) is 1. The van der Waals surface area contributed by atoms with Gasteiger partial charge in [-0.2, -0.15) is 0 Å². The zero-order valence-electron chi connectivity index (χ0n) is 12.6. The number of hydrogen-bond acceptors (Lipinski definition) is 1. The van der Waals surface area contributed by atoms with Crippen LogP contribution >= 0.6 is 0 Å². The summed E-state index contributed by atoms with van der Waals surface area (Å²) in [4.78, 5) is 0. The van der Waals surface area contributed by atoms with Crippen molar-refractivity contribution in [3.63, 3.8) is 0 Å². The van der Waals surface area contributed by atoms with E-state index in [1.165, 1.54) is 18.4 Å². The topological polar surface area (TPSA) is 12.0 Å². The van der Waals surface area contributed by atoms with Gasteiger partial charge < -0.3 is 5.32 Å². The molecule has 0 aliphatic rings. The van der Waals surface area contributed by atoms with Gasteiger partial charge in [-0.3, -0.25) is 0 Å². The van der Waals surface area contributed by atoms with E-state index in [1.54, 1.807) is 0 Å². The summed E-state index contributed by atoms with van der Waals surface area (Å²) in [6, 6.07) is 11.4. The van der Waals surface area contributed by atoms with Gasteiger partial charge in [0.1, 0.15) is 0 Å². The first-order valence-corrected chi connectivity index (χ1v) is 7.51. The molecule has 1 heteroatoms. The lowest BCUT2D eigenvalue weighted by Crippen LogP contribution is -2.35. The fourth-order valence-electron chi connectivity index (χ4n) is 2.58. The summed E-state index contributed by atoms with van der Waals surface area (Å²) in [6.07, 6.45) is 4.47. The molecule has 2 unspecified atom stereocenters. The summed E-state index contributed by atoms with van der Waals surface area (Å²) >= 11 is 0. The van der Waals surface area contributed by atoms with Gasteiger partial charge in [0, 0.05) is 12.5 Å². The summed E-state index contributed by atoms with van der Waals surface area (Å²) in [5.74, 6) is 6.78. The number of benzene rings is 1. The molecule has 2 atom stereocenters. The quantitative estimate of drug-likeness (QED) is 0.683. The van der Waals surface area contributed by atoms with Crippen LogP contribution in [0.4, 0.5) is 0 Å². The molecule has 0 aromatic heterocycles. The second-order valence-electron chi connectivity index (χ2n) is 4.95. The summed E-state index contributed by atoms with van der Waals surface area (Å²) < 4.78 is 0. The maximum atomic E-state index is 3.71. The molecule has 1 N–H and O–H groups in total. The van der Waals surface area contributed by atoms with Crippen molar-refractivity contribution in [2.75, 3.05) is 6.54 Å². The van der Waals surface area contributed by atoms with Gasteiger partial charge in [-0.25, -0.2) is 0 Å². The van der Waals surface area contributed by atoms with Gasteiger partial charge >= 0.3 is 0 Å². The lowest BCUT2D eigenvalue weighted by molar-refractivity contribution is 0.403. The highest BCUT2D eigenvalue weighted by molar-refractivity contribution is 5.21. The zero-order valence-corrected chi connectivity index (χ0v) is 12.6. The molecular weight excluding hydrogens is 230 g/mol. The Morgan fingerprint density at radius 1 is 1.16 bits per heavy atom. The first-order chi connectivity index (χ1) is 9.33. The molecule has 1 aromatic carbocycles. The van der Waals surface area contributed by atoms with Crippen LogP contribution in [0.15, 0.2) is 30.3 Å². The summed E-state index contributed by atoms with van der Waals surface area (Å²) in [5, 5.41) is 3.71. The largest absolute Gasteiger partial charge is 0.313 e. The molecule has 104 valence electrons. The molecule has 0 aliphatic heterocycles. The van der Waals surface area contributed by atoms with E-state index in [-0.39, 0.29) is 0 Å². The molecule has 0 fully saturated rings. The Kier molecular flexibility index (Phi) is 8.02. The van der Waals surface area contributed by atoms with Gasteiger partial charge in [0.25, 0.3) is 0 Å². The third kappa shape index (κ3) is 5.49. The van der Waals surface area contributed by atoms with Crippen LogP contribution in [0.2, 0.25) is 0 Å². The number of rotatable bonds is 8. The highest BCUT2D eigenvalue weighted by Crippen LogP contribution is 2.25. The maximum Gasteiger partial charge on any atom is 0.0145 e. The lowest BCUT2D eigenvalue weighted by atomic mass is 9.86. The van der Waals surface area contributed by atoms with Crippen LogP contribution in [0, 0.1) is 11.8 Å². The van der Waals surface area contributed by atoms with Gasteiger partial charge in [-0.05, 0) is 44.2 Å². The minimum Gasteiger partial charge on any atom is -0.313 e. The van der Waals surface area contributed by atoms with Crippen LogP contribution in [-0.4, -0.2) is 12.6 Å². The molecule has 0 saturated heterocycles. The second-order valence-corrected chi connectivity index (χ2v) is 4.95. The van der Waals surface area contributed by atoms with E-state index in [2.05, 4.69) is 61.3 Å². The van der Waals surface area contributed by atoms with E-state index >= 15 is 0 Å². The van der Waals surface area contributed by atoms with Crippen LogP contribution in [0.3, 0.4) is 0 Å². The lowest BCUT2D eigenvalue weighted by Gasteiger charge is -2.27. The average Bonchev–Trinajstić information content (AvgIpc) is 2.46. The van der Waals surface area contributed by atoms with E-state index in [0.717, 1.165) is 19.4 Å². The van der Waals surface area contributed by atoms with E-state index < -0.39 is 0 Å². The van der Waals surface area contributed by atoms with Gasteiger partial charge in [-0.1, -0.05) is 44.2 Å². The van der Waals surface area contributed by atoms with Gasteiger partial charge in [0.05, 0.1) is 0 Å². The van der Waals surface area contributed by atoms with Crippen molar-refractivity contribution in [3.05, 3.63) is 35.9 Å². The fraction of sp³-hybridized carbons (Fsp3) is 0.556. The maximum absolute atomic E-state index is 3.71. The van der Waals surface area contributed by atoms with E-state index in [4.69, 9.17) is 0 Å².